The van der Waals surface area contributed by atoms with Gasteiger partial charge in [0.1, 0.15) is 5.65 Å². The molecule has 0 aliphatic carbocycles. The summed E-state index contributed by atoms with van der Waals surface area (Å²) in [6.07, 6.45) is 7.28. The number of hydrogen-bond donors (Lipinski definition) is 0. The van der Waals surface area contributed by atoms with Crippen LogP contribution in [0.5, 0.6) is 0 Å². The Labute approximate surface area is 135 Å². The molecule has 0 unspecified atom stereocenters. The van der Waals surface area contributed by atoms with Gasteiger partial charge in [-0.05, 0) is 30.4 Å². The second-order valence-corrected chi connectivity index (χ2v) is 6.70. The second-order valence-electron chi connectivity index (χ2n) is 6.14. The smallest absolute Gasteiger partial charge is 0.152 e. The minimum absolute atomic E-state index is 0.560. The maximum atomic E-state index is 4.87. The van der Waals surface area contributed by atoms with Crippen molar-refractivity contribution in [3.05, 3.63) is 30.1 Å². The summed E-state index contributed by atoms with van der Waals surface area (Å²) in [5.74, 6) is 1.17. The predicted molar refractivity (Wildman–Crippen MR) is 92.3 cm³/mol. The quantitative estimate of drug-likeness (QED) is 0.749. The molecule has 114 valence electrons. The molecule has 0 N–H and O–H groups in total. The van der Waals surface area contributed by atoms with Gasteiger partial charge in [0.05, 0.1) is 5.69 Å². The first-order valence-corrected chi connectivity index (χ1v) is 9.12. The van der Waals surface area contributed by atoms with Gasteiger partial charge in [-0.25, -0.2) is 4.98 Å². The van der Waals surface area contributed by atoms with Crippen molar-refractivity contribution in [1.82, 2.24) is 9.38 Å². The van der Waals surface area contributed by atoms with Gasteiger partial charge in [-0.3, -0.25) is 0 Å². The van der Waals surface area contributed by atoms with Crippen molar-refractivity contribution in [3.8, 4) is 0 Å². The number of nitrogens with zero attached hydrogens (tertiary/aromatic N) is 3. The van der Waals surface area contributed by atoms with E-state index in [-0.39, 0.29) is 0 Å². The predicted octanol–water partition coefficient (Wildman–Crippen LogP) is 4.64. The summed E-state index contributed by atoms with van der Waals surface area (Å²) >= 11 is 3.64. The molecule has 3 rings (SSSR count). The molecule has 21 heavy (non-hydrogen) atoms. The Hall–Kier alpha value is -1.03. The van der Waals surface area contributed by atoms with E-state index >= 15 is 0 Å². The van der Waals surface area contributed by atoms with E-state index in [0.717, 1.165) is 24.1 Å². The van der Waals surface area contributed by atoms with Crippen LogP contribution in [-0.4, -0.2) is 22.5 Å². The SMILES string of the molecule is CCC1(CC)CCN(c2nc3ccccn3c2CBr)CC1. The van der Waals surface area contributed by atoms with Gasteiger partial charge in [0.15, 0.2) is 5.82 Å². The lowest BCUT2D eigenvalue weighted by Gasteiger charge is -2.41. The molecule has 2 aromatic heterocycles. The average Bonchev–Trinajstić information content (AvgIpc) is 2.93. The topological polar surface area (TPSA) is 20.5 Å². The minimum atomic E-state index is 0.560. The van der Waals surface area contributed by atoms with Crippen molar-refractivity contribution in [1.29, 1.82) is 0 Å². The highest BCUT2D eigenvalue weighted by Gasteiger charge is 2.32. The molecule has 0 aromatic carbocycles. The lowest BCUT2D eigenvalue weighted by atomic mass is 9.74. The molecule has 0 atom stereocenters. The fourth-order valence-corrected chi connectivity index (χ4v) is 4.08. The number of alkyl halides is 1. The van der Waals surface area contributed by atoms with Crippen LogP contribution in [0, 0.1) is 5.41 Å². The third-order valence-corrected chi connectivity index (χ3v) is 5.89. The monoisotopic (exact) mass is 349 g/mol. The molecule has 3 heterocycles. The van der Waals surface area contributed by atoms with E-state index in [4.69, 9.17) is 4.98 Å². The summed E-state index contributed by atoms with van der Waals surface area (Å²) in [4.78, 5) is 7.34. The Kier molecular flexibility index (Phi) is 4.25. The second kappa shape index (κ2) is 5.99. The van der Waals surface area contributed by atoms with Crippen LogP contribution in [0.3, 0.4) is 0 Å². The number of aromatic nitrogens is 2. The lowest BCUT2D eigenvalue weighted by molar-refractivity contribution is 0.199. The van der Waals surface area contributed by atoms with Gasteiger partial charge in [-0.2, -0.15) is 0 Å². The van der Waals surface area contributed by atoms with Crippen LogP contribution in [0.15, 0.2) is 24.4 Å². The first kappa shape index (κ1) is 14.9. The van der Waals surface area contributed by atoms with E-state index in [0.29, 0.717) is 5.41 Å². The Morgan fingerprint density at radius 3 is 2.52 bits per heavy atom. The third-order valence-electron chi connectivity index (χ3n) is 5.36. The van der Waals surface area contributed by atoms with Gasteiger partial charge in [0.2, 0.25) is 0 Å². The average molecular weight is 350 g/mol. The van der Waals surface area contributed by atoms with Crippen molar-refractivity contribution in [2.45, 2.75) is 44.9 Å². The van der Waals surface area contributed by atoms with Gasteiger partial charge in [-0.15, -0.1) is 0 Å². The normalized spacial score (nSPS) is 18.3. The number of halogens is 1. The highest BCUT2D eigenvalue weighted by Crippen LogP contribution is 2.39. The Bertz CT molecular complexity index is 606. The van der Waals surface area contributed by atoms with Crippen LogP contribution in [0.25, 0.3) is 5.65 Å². The molecule has 1 aliphatic rings. The maximum Gasteiger partial charge on any atom is 0.152 e. The molecule has 1 aliphatic heterocycles. The summed E-state index contributed by atoms with van der Waals surface area (Å²) in [6.45, 7) is 6.94. The van der Waals surface area contributed by atoms with Crippen LogP contribution in [0.2, 0.25) is 0 Å². The van der Waals surface area contributed by atoms with Crippen molar-refractivity contribution < 1.29 is 0 Å². The molecule has 3 nitrogen and oxygen atoms in total. The fraction of sp³-hybridized carbons (Fsp3) is 0.588. The Morgan fingerprint density at radius 1 is 1.19 bits per heavy atom. The zero-order valence-electron chi connectivity index (χ0n) is 13.0. The Morgan fingerprint density at radius 2 is 1.90 bits per heavy atom. The number of rotatable bonds is 4. The Balaban J connectivity index is 1.88. The molecular formula is C17H24BrN3. The number of anilines is 1. The van der Waals surface area contributed by atoms with Gasteiger partial charge in [0, 0.05) is 24.6 Å². The summed E-state index contributed by atoms with van der Waals surface area (Å²) < 4.78 is 2.20. The maximum absolute atomic E-state index is 4.87. The van der Waals surface area contributed by atoms with E-state index in [9.17, 15) is 0 Å². The molecule has 2 aromatic rings. The van der Waals surface area contributed by atoms with Crippen molar-refractivity contribution in [3.63, 3.8) is 0 Å². The van der Waals surface area contributed by atoms with Gasteiger partial charge in [0.25, 0.3) is 0 Å². The standard InChI is InChI=1S/C17H24BrN3/c1-3-17(4-2)8-11-20(12-9-17)16-14(13-18)21-10-6-5-7-15(21)19-16/h5-7,10H,3-4,8-9,11-13H2,1-2H3. The first-order valence-electron chi connectivity index (χ1n) is 8.00. The molecule has 0 bridgehead atoms. The highest BCUT2D eigenvalue weighted by molar-refractivity contribution is 9.08. The molecule has 0 spiro atoms. The van der Waals surface area contributed by atoms with E-state index in [1.807, 2.05) is 0 Å². The molecular weight excluding hydrogens is 326 g/mol. The van der Waals surface area contributed by atoms with Gasteiger partial charge in [-0.1, -0.05) is 48.7 Å². The molecule has 4 heteroatoms. The lowest BCUT2D eigenvalue weighted by Crippen LogP contribution is -2.40. The highest BCUT2D eigenvalue weighted by atomic mass is 79.9. The number of imidazole rings is 1. The van der Waals surface area contributed by atoms with Crippen LogP contribution in [-0.2, 0) is 5.33 Å². The zero-order valence-corrected chi connectivity index (χ0v) is 14.6. The molecule has 0 radical (unpaired) electrons. The summed E-state index contributed by atoms with van der Waals surface area (Å²) in [7, 11) is 0. The van der Waals surface area contributed by atoms with E-state index < -0.39 is 0 Å². The van der Waals surface area contributed by atoms with E-state index in [1.54, 1.807) is 0 Å². The number of fused-ring (bicyclic) bond motifs is 1. The molecule has 1 fully saturated rings. The summed E-state index contributed by atoms with van der Waals surface area (Å²) in [6, 6.07) is 6.21. The zero-order chi connectivity index (χ0) is 14.9. The number of hydrogen-bond acceptors (Lipinski definition) is 2. The van der Waals surface area contributed by atoms with Crippen LogP contribution >= 0.6 is 15.9 Å². The van der Waals surface area contributed by atoms with Crippen molar-refractivity contribution in [2.75, 3.05) is 18.0 Å². The molecule has 0 saturated carbocycles. The fourth-order valence-electron chi connectivity index (χ4n) is 3.56. The van der Waals surface area contributed by atoms with Crippen LogP contribution < -0.4 is 4.90 Å². The summed E-state index contributed by atoms with van der Waals surface area (Å²) in [5, 5.41) is 0.844. The van der Waals surface area contributed by atoms with Crippen molar-refractivity contribution in [2.24, 2.45) is 5.41 Å². The van der Waals surface area contributed by atoms with Crippen molar-refractivity contribution >= 4 is 27.4 Å². The third kappa shape index (κ3) is 2.59. The number of piperidine rings is 1. The van der Waals surface area contributed by atoms with E-state index in [1.165, 1.54) is 37.2 Å². The molecule has 1 saturated heterocycles. The minimum Gasteiger partial charge on any atom is -0.355 e. The largest absolute Gasteiger partial charge is 0.355 e. The number of pyridine rings is 1. The van der Waals surface area contributed by atoms with Gasteiger partial charge < -0.3 is 9.30 Å². The van der Waals surface area contributed by atoms with E-state index in [2.05, 4.69) is 63.5 Å². The first-order chi connectivity index (χ1) is 10.2. The van der Waals surface area contributed by atoms with Crippen LogP contribution in [0.4, 0.5) is 5.82 Å². The van der Waals surface area contributed by atoms with Gasteiger partial charge >= 0.3 is 0 Å². The van der Waals surface area contributed by atoms with Crippen LogP contribution in [0.1, 0.15) is 45.2 Å². The molecule has 0 amide bonds. The summed E-state index contributed by atoms with van der Waals surface area (Å²) in [5.41, 5.74) is 2.88.